The van der Waals surface area contributed by atoms with Gasteiger partial charge in [0.25, 0.3) is 0 Å². The van der Waals surface area contributed by atoms with Crippen molar-refractivity contribution in [3.8, 4) is 0 Å². The summed E-state index contributed by atoms with van der Waals surface area (Å²) in [6.45, 7) is 5.56. The molecule has 0 spiro atoms. The lowest BCUT2D eigenvalue weighted by Crippen LogP contribution is -2.45. The van der Waals surface area contributed by atoms with E-state index in [4.69, 9.17) is 29.4 Å². The van der Waals surface area contributed by atoms with Crippen molar-refractivity contribution in [3.05, 3.63) is 24.2 Å². The number of hydrogen-bond acceptors (Lipinski definition) is 9. The van der Waals surface area contributed by atoms with Crippen molar-refractivity contribution < 1.29 is 28.5 Å². The lowest BCUT2D eigenvalue weighted by Gasteiger charge is -2.31. The summed E-state index contributed by atoms with van der Waals surface area (Å²) in [6, 6.07) is 3.73. The minimum absolute atomic E-state index is 0.0178. The van der Waals surface area contributed by atoms with Gasteiger partial charge in [0.1, 0.15) is 48.5 Å². The van der Waals surface area contributed by atoms with Crippen molar-refractivity contribution in [3.63, 3.8) is 0 Å². The Morgan fingerprint density at radius 2 is 1.97 bits per heavy atom. The Balaban J connectivity index is 1.35. The van der Waals surface area contributed by atoms with Gasteiger partial charge in [-0.2, -0.15) is 5.10 Å². The second-order valence-corrected chi connectivity index (χ2v) is 9.49. The van der Waals surface area contributed by atoms with Crippen LogP contribution in [-0.2, 0) is 23.7 Å². The van der Waals surface area contributed by atoms with Gasteiger partial charge in [-0.25, -0.2) is 14.3 Å². The molecule has 0 radical (unpaired) electrons. The molecule has 0 unspecified atom stereocenters. The van der Waals surface area contributed by atoms with Gasteiger partial charge in [0.2, 0.25) is 0 Å². The Labute approximate surface area is 186 Å². The Morgan fingerprint density at radius 3 is 2.75 bits per heavy atom. The molecule has 32 heavy (non-hydrogen) atoms. The Kier molecular flexibility index (Phi) is 5.26. The fourth-order valence-corrected chi connectivity index (χ4v) is 5.00. The van der Waals surface area contributed by atoms with Crippen LogP contribution in [0.1, 0.15) is 64.7 Å². The third-order valence-electron chi connectivity index (χ3n) is 6.52. The molecule has 2 N–H and O–H groups in total. The van der Waals surface area contributed by atoms with E-state index >= 15 is 0 Å². The zero-order valence-corrected chi connectivity index (χ0v) is 18.7. The first-order valence-corrected chi connectivity index (χ1v) is 11.2. The summed E-state index contributed by atoms with van der Waals surface area (Å²) < 4.78 is 31.5. The van der Waals surface area contributed by atoms with Gasteiger partial charge in [-0.15, -0.1) is 0 Å². The normalized spacial score (nSPS) is 32.2. The predicted molar refractivity (Wildman–Crippen MR) is 113 cm³/mol. The van der Waals surface area contributed by atoms with Gasteiger partial charge in [-0.05, 0) is 58.6 Å². The molecule has 0 bridgehead atoms. The molecule has 3 fully saturated rings. The topological polar surface area (TPSA) is 119 Å². The number of nitrogens with zero attached hydrogens (tertiary/aromatic N) is 3. The zero-order valence-electron chi connectivity index (χ0n) is 18.7. The summed E-state index contributed by atoms with van der Waals surface area (Å²) in [5.41, 5.74) is 6.50. The van der Waals surface area contributed by atoms with Crippen molar-refractivity contribution in [2.45, 2.75) is 88.7 Å². The molecule has 174 valence electrons. The first-order chi connectivity index (χ1) is 15.3. The molecule has 1 saturated carbocycles. The highest BCUT2D eigenvalue weighted by atomic mass is 16.8. The molecule has 0 aromatic carbocycles. The van der Waals surface area contributed by atoms with Crippen LogP contribution in [0.25, 0.3) is 5.52 Å². The van der Waals surface area contributed by atoms with Crippen LogP contribution in [0, 0.1) is 0 Å². The lowest BCUT2D eigenvalue weighted by atomic mass is 9.97. The highest BCUT2D eigenvalue weighted by Gasteiger charge is 2.62. The monoisotopic (exact) mass is 446 g/mol. The fourth-order valence-electron chi connectivity index (χ4n) is 5.00. The van der Waals surface area contributed by atoms with E-state index in [2.05, 4.69) is 10.1 Å². The minimum Gasteiger partial charge on any atom is -0.431 e. The number of aromatic nitrogens is 3. The maximum Gasteiger partial charge on any atom is 0.508 e. The Bertz CT molecular complexity index is 1000. The van der Waals surface area contributed by atoms with E-state index in [0.29, 0.717) is 11.3 Å². The highest BCUT2D eigenvalue weighted by molar-refractivity contribution is 5.65. The number of nitrogen functional groups attached to an aromatic ring is 1. The molecule has 2 aliphatic heterocycles. The summed E-state index contributed by atoms with van der Waals surface area (Å²) >= 11 is 0. The summed E-state index contributed by atoms with van der Waals surface area (Å²) in [5, 5.41) is 4.33. The van der Waals surface area contributed by atoms with Crippen molar-refractivity contribution in [2.24, 2.45) is 0 Å². The standard InChI is InChI=1S/C22H30N4O6/c1-21(2)30-17-16(14-9-10-15-19(23)24-12-25-26(14)15)31-22(3,18(17)32-21)11-28-20(27)29-13-7-5-4-6-8-13/h9-10,12-13,16-18H,4-8,11H2,1-3H3,(H2,23,24,25)/t16-,17-,18-,22+/m0/s1. The largest absolute Gasteiger partial charge is 0.508 e. The van der Waals surface area contributed by atoms with Crippen LogP contribution in [0.5, 0.6) is 0 Å². The van der Waals surface area contributed by atoms with E-state index in [0.717, 1.165) is 31.4 Å². The number of ether oxygens (including phenoxy) is 5. The molecule has 2 aromatic heterocycles. The van der Waals surface area contributed by atoms with Gasteiger partial charge in [-0.1, -0.05) is 6.42 Å². The van der Waals surface area contributed by atoms with Crippen LogP contribution in [0.2, 0.25) is 0 Å². The van der Waals surface area contributed by atoms with Gasteiger partial charge in [-0.3, -0.25) is 0 Å². The predicted octanol–water partition coefficient (Wildman–Crippen LogP) is 3.15. The second-order valence-electron chi connectivity index (χ2n) is 9.49. The summed E-state index contributed by atoms with van der Waals surface area (Å²) in [7, 11) is 0. The van der Waals surface area contributed by atoms with E-state index in [9.17, 15) is 4.79 Å². The van der Waals surface area contributed by atoms with E-state index in [1.54, 1.807) is 4.52 Å². The van der Waals surface area contributed by atoms with E-state index in [1.807, 2.05) is 32.9 Å². The maximum atomic E-state index is 12.3. The molecular formula is C22H30N4O6. The zero-order chi connectivity index (χ0) is 22.5. The molecule has 1 aliphatic carbocycles. The van der Waals surface area contributed by atoms with Crippen molar-refractivity contribution in [2.75, 3.05) is 12.3 Å². The molecule has 2 saturated heterocycles. The smallest absolute Gasteiger partial charge is 0.431 e. The van der Waals surface area contributed by atoms with E-state index < -0.39 is 35.9 Å². The first kappa shape index (κ1) is 21.4. The molecule has 10 nitrogen and oxygen atoms in total. The summed E-state index contributed by atoms with van der Waals surface area (Å²) in [4.78, 5) is 16.4. The fraction of sp³-hybridized carbons (Fsp3) is 0.682. The Hall–Kier alpha value is -2.43. The molecular weight excluding hydrogens is 416 g/mol. The average molecular weight is 447 g/mol. The highest BCUT2D eigenvalue weighted by Crippen LogP contribution is 2.50. The van der Waals surface area contributed by atoms with E-state index in [1.165, 1.54) is 12.7 Å². The molecule has 4 atom stereocenters. The first-order valence-electron chi connectivity index (χ1n) is 11.2. The van der Waals surface area contributed by atoms with Crippen LogP contribution < -0.4 is 5.73 Å². The Morgan fingerprint density at radius 1 is 1.19 bits per heavy atom. The quantitative estimate of drug-likeness (QED) is 0.706. The van der Waals surface area contributed by atoms with Crippen LogP contribution in [0.15, 0.2) is 18.5 Å². The molecule has 2 aromatic rings. The molecule has 5 rings (SSSR count). The van der Waals surface area contributed by atoms with Gasteiger partial charge in [0.05, 0.1) is 5.69 Å². The third kappa shape index (κ3) is 3.80. The van der Waals surface area contributed by atoms with Gasteiger partial charge in [0, 0.05) is 0 Å². The SMILES string of the molecule is CC1(C)O[C@H]2[C@H](c3ccc4c(N)ncnn34)O[C@](C)(COC(=O)OC3CCCCC3)[C@H]2O1. The number of carbonyl (C=O) groups is 1. The molecule has 0 amide bonds. The van der Waals surface area contributed by atoms with Crippen molar-refractivity contribution in [1.82, 2.24) is 14.6 Å². The number of rotatable bonds is 4. The maximum absolute atomic E-state index is 12.3. The molecule has 4 heterocycles. The summed E-state index contributed by atoms with van der Waals surface area (Å²) in [6.07, 6.45) is 4.39. The van der Waals surface area contributed by atoms with Crippen LogP contribution >= 0.6 is 0 Å². The number of anilines is 1. The van der Waals surface area contributed by atoms with Gasteiger partial charge in [0.15, 0.2) is 11.6 Å². The molecule has 10 heteroatoms. The van der Waals surface area contributed by atoms with Crippen LogP contribution in [0.4, 0.5) is 10.6 Å². The number of fused-ring (bicyclic) bond motifs is 2. The number of hydrogen-bond donors (Lipinski definition) is 1. The minimum atomic E-state index is -0.933. The lowest BCUT2D eigenvalue weighted by molar-refractivity contribution is -0.214. The van der Waals surface area contributed by atoms with Crippen molar-refractivity contribution in [1.29, 1.82) is 0 Å². The van der Waals surface area contributed by atoms with Crippen LogP contribution in [-0.4, -0.2) is 57.1 Å². The van der Waals surface area contributed by atoms with Crippen LogP contribution in [0.3, 0.4) is 0 Å². The van der Waals surface area contributed by atoms with Crippen molar-refractivity contribution >= 4 is 17.5 Å². The summed E-state index contributed by atoms with van der Waals surface area (Å²) in [5.74, 6) is -0.427. The van der Waals surface area contributed by atoms with Gasteiger partial charge >= 0.3 is 6.16 Å². The molecule has 3 aliphatic rings. The third-order valence-corrected chi connectivity index (χ3v) is 6.52. The second kappa shape index (κ2) is 7.86. The average Bonchev–Trinajstić information content (AvgIpc) is 3.39. The number of nitrogens with two attached hydrogens (primary N) is 1. The van der Waals surface area contributed by atoms with Gasteiger partial charge < -0.3 is 29.4 Å². The van der Waals surface area contributed by atoms with E-state index in [-0.39, 0.29) is 12.7 Å². The number of carbonyl (C=O) groups excluding carboxylic acids is 1.